The summed E-state index contributed by atoms with van der Waals surface area (Å²) in [4.78, 5) is 11.1. The van der Waals surface area contributed by atoms with Crippen LogP contribution in [-0.2, 0) is 4.79 Å². The molecule has 2 aliphatic rings. The normalized spacial score (nSPS) is 21.5. The van der Waals surface area contributed by atoms with Crippen LogP contribution in [0, 0.1) is 34.0 Å². The highest BCUT2D eigenvalue weighted by Gasteiger charge is 2.28. The fraction of sp³-hybridized carbons (Fsp3) is 0.316. The highest BCUT2D eigenvalue weighted by molar-refractivity contribution is 6.01. The first-order valence-electron chi connectivity index (χ1n) is 7.24. The van der Waals surface area contributed by atoms with Crippen molar-refractivity contribution in [2.75, 3.05) is 0 Å². The van der Waals surface area contributed by atoms with E-state index in [0.717, 1.165) is 29.6 Å². The van der Waals surface area contributed by atoms with Gasteiger partial charge in [-0.15, -0.1) is 0 Å². The molecule has 0 unspecified atom stereocenters. The molecule has 0 aromatic rings. The summed E-state index contributed by atoms with van der Waals surface area (Å²) >= 11 is 0. The van der Waals surface area contributed by atoms with Crippen molar-refractivity contribution in [1.29, 1.82) is 10.5 Å². The lowest BCUT2D eigenvalue weighted by atomic mass is 9.72. The summed E-state index contributed by atoms with van der Waals surface area (Å²) in [5.74, 6) is -0.681. The average molecular weight is 290 g/mol. The number of carbonyl (C=O) groups is 1. The SMILES string of the molecule is CC1(C)CC(C(C#N)C#N)=C/C(=C/C=C2C=CC(=O)C=C2)C1. The van der Waals surface area contributed by atoms with Crippen molar-refractivity contribution in [3.8, 4) is 12.1 Å². The summed E-state index contributed by atoms with van der Waals surface area (Å²) in [6, 6.07) is 4.12. The largest absolute Gasteiger partial charge is 0.290 e. The Morgan fingerprint density at radius 3 is 2.32 bits per heavy atom. The van der Waals surface area contributed by atoms with Gasteiger partial charge in [0.2, 0.25) is 0 Å². The lowest BCUT2D eigenvalue weighted by Gasteiger charge is -2.31. The predicted octanol–water partition coefficient (Wildman–Crippen LogP) is 3.94. The van der Waals surface area contributed by atoms with Gasteiger partial charge in [-0.05, 0) is 47.1 Å². The molecule has 2 aliphatic carbocycles. The Morgan fingerprint density at radius 2 is 1.73 bits per heavy atom. The Morgan fingerprint density at radius 1 is 1.09 bits per heavy atom. The molecule has 0 bridgehead atoms. The molecule has 0 aromatic heterocycles. The van der Waals surface area contributed by atoms with E-state index in [1.54, 1.807) is 12.2 Å². The maximum absolute atomic E-state index is 11.1. The monoisotopic (exact) mass is 290 g/mol. The molecule has 0 fully saturated rings. The highest BCUT2D eigenvalue weighted by atomic mass is 16.1. The predicted molar refractivity (Wildman–Crippen MR) is 85.3 cm³/mol. The van der Waals surface area contributed by atoms with E-state index in [1.807, 2.05) is 18.2 Å². The molecule has 0 aromatic carbocycles. The molecule has 0 spiro atoms. The molecule has 0 atom stereocenters. The van der Waals surface area contributed by atoms with Crippen LogP contribution in [-0.4, -0.2) is 5.78 Å². The summed E-state index contributed by atoms with van der Waals surface area (Å²) in [5.41, 5.74) is 2.99. The van der Waals surface area contributed by atoms with E-state index in [9.17, 15) is 4.79 Å². The Bertz CT molecular complexity index is 684. The van der Waals surface area contributed by atoms with Gasteiger partial charge in [-0.3, -0.25) is 4.79 Å². The number of hydrogen-bond acceptors (Lipinski definition) is 3. The number of nitriles is 2. The lowest BCUT2D eigenvalue weighted by molar-refractivity contribution is -0.110. The van der Waals surface area contributed by atoms with Gasteiger partial charge in [0.05, 0.1) is 12.1 Å². The van der Waals surface area contributed by atoms with Crippen LogP contribution in [0.25, 0.3) is 0 Å². The molecule has 3 heteroatoms. The third-order valence-electron chi connectivity index (χ3n) is 3.74. The number of hydrogen-bond donors (Lipinski definition) is 0. The standard InChI is InChI=1S/C19H18N2O/c1-19(2)10-15(9-16(11-19)17(12-20)13-21)4-3-14-5-7-18(22)8-6-14/h3-9,17H,10-11H2,1-2H3/b15-4-. The van der Waals surface area contributed by atoms with E-state index in [-0.39, 0.29) is 11.2 Å². The molecule has 0 heterocycles. The van der Waals surface area contributed by atoms with E-state index in [4.69, 9.17) is 10.5 Å². The van der Waals surface area contributed by atoms with E-state index in [1.165, 1.54) is 12.2 Å². The molecule has 0 aliphatic heterocycles. The Kier molecular flexibility index (Phi) is 4.59. The number of allylic oxidation sites excluding steroid dienone is 10. The van der Waals surface area contributed by atoms with Crippen molar-refractivity contribution in [3.05, 3.63) is 59.3 Å². The van der Waals surface area contributed by atoms with Gasteiger partial charge < -0.3 is 0 Å². The quantitative estimate of drug-likeness (QED) is 0.773. The van der Waals surface area contributed by atoms with Crippen molar-refractivity contribution in [2.45, 2.75) is 26.7 Å². The number of ketones is 1. The Hall–Kier alpha value is -2.65. The number of carbonyl (C=O) groups excluding carboxylic acids is 1. The van der Waals surface area contributed by atoms with Gasteiger partial charge in [0.15, 0.2) is 11.7 Å². The second-order valence-electron chi connectivity index (χ2n) is 6.41. The van der Waals surface area contributed by atoms with Gasteiger partial charge in [-0.2, -0.15) is 10.5 Å². The topological polar surface area (TPSA) is 64.7 Å². The Labute approximate surface area is 131 Å². The van der Waals surface area contributed by atoms with Gasteiger partial charge in [0.25, 0.3) is 0 Å². The molecule has 0 saturated carbocycles. The van der Waals surface area contributed by atoms with Crippen LogP contribution in [0.4, 0.5) is 0 Å². The third-order valence-corrected chi connectivity index (χ3v) is 3.74. The lowest BCUT2D eigenvalue weighted by Crippen LogP contribution is -2.20. The molecule has 22 heavy (non-hydrogen) atoms. The fourth-order valence-electron chi connectivity index (χ4n) is 2.78. The molecule has 0 amide bonds. The summed E-state index contributed by atoms with van der Waals surface area (Å²) in [5, 5.41) is 18.2. The molecule has 3 nitrogen and oxygen atoms in total. The zero-order valence-electron chi connectivity index (χ0n) is 12.8. The van der Waals surface area contributed by atoms with Crippen LogP contribution < -0.4 is 0 Å². The minimum atomic E-state index is -0.678. The van der Waals surface area contributed by atoms with Gasteiger partial charge >= 0.3 is 0 Å². The second kappa shape index (κ2) is 6.41. The van der Waals surface area contributed by atoms with Crippen LogP contribution >= 0.6 is 0 Å². The van der Waals surface area contributed by atoms with Crippen LogP contribution in [0.2, 0.25) is 0 Å². The van der Waals surface area contributed by atoms with E-state index >= 15 is 0 Å². The van der Waals surface area contributed by atoms with Crippen LogP contribution in [0.1, 0.15) is 26.7 Å². The molecule has 0 N–H and O–H groups in total. The van der Waals surface area contributed by atoms with Gasteiger partial charge in [0.1, 0.15) is 0 Å². The van der Waals surface area contributed by atoms with Crippen LogP contribution in [0.15, 0.2) is 59.3 Å². The van der Waals surface area contributed by atoms with Gasteiger partial charge in [-0.1, -0.05) is 44.2 Å². The average Bonchev–Trinajstić information content (AvgIpc) is 2.46. The fourth-order valence-corrected chi connectivity index (χ4v) is 2.78. The van der Waals surface area contributed by atoms with E-state index < -0.39 is 5.92 Å². The minimum Gasteiger partial charge on any atom is -0.290 e. The molecular weight excluding hydrogens is 272 g/mol. The minimum absolute atomic E-state index is 0.00309. The van der Waals surface area contributed by atoms with Crippen LogP contribution in [0.3, 0.4) is 0 Å². The zero-order chi connectivity index (χ0) is 16.2. The van der Waals surface area contributed by atoms with E-state index in [0.29, 0.717) is 0 Å². The van der Waals surface area contributed by atoms with Crippen molar-refractivity contribution in [3.63, 3.8) is 0 Å². The molecule has 110 valence electrons. The van der Waals surface area contributed by atoms with Crippen molar-refractivity contribution in [2.24, 2.45) is 11.3 Å². The summed E-state index contributed by atoms with van der Waals surface area (Å²) < 4.78 is 0. The number of nitrogens with zero attached hydrogens (tertiary/aromatic N) is 2. The second-order valence-corrected chi connectivity index (χ2v) is 6.41. The third kappa shape index (κ3) is 3.93. The zero-order valence-corrected chi connectivity index (χ0v) is 12.8. The first-order valence-corrected chi connectivity index (χ1v) is 7.24. The maximum Gasteiger partial charge on any atom is 0.178 e. The van der Waals surface area contributed by atoms with Crippen molar-refractivity contribution >= 4 is 5.78 Å². The Balaban J connectivity index is 2.30. The molecular formula is C19H18N2O. The molecule has 0 saturated heterocycles. The van der Waals surface area contributed by atoms with Gasteiger partial charge in [0, 0.05) is 0 Å². The van der Waals surface area contributed by atoms with E-state index in [2.05, 4.69) is 26.0 Å². The van der Waals surface area contributed by atoms with Crippen LogP contribution in [0.5, 0.6) is 0 Å². The summed E-state index contributed by atoms with van der Waals surface area (Å²) in [6.45, 7) is 4.29. The maximum atomic E-state index is 11.1. The smallest absolute Gasteiger partial charge is 0.178 e. The van der Waals surface area contributed by atoms with Gasteiger partial charge in [-0.25, -0.2) is 0 Å². The number of rotatable bonds is 2. The highest BCUT2D eigenvalue weighted by Crippen LogP contribution is 2.40. The summed E-state index contributed by atoms with van der Waals surface area (Å²) in [6.07, 6.45) is 14.2. The molecule has 0 radical (unpaired) electrons. The first-order chi connectivity index (χ1) is 10.4. The van der Waals surface area contributed by atoms with Crippen molar-refractivity contribution in [1.82, 2.24) is 0 Å². The van der Waals surface area contributed by atoms with Crippen molar-refractivity contribution < 1.29 is 4.79 Å². The first kappa shape index (κ1) is 15.7. The molecule has 2 rings (SSSR count). The summed E-state index contributed by atoms with van der Waals surface area (Å²) in [7, 11) is 0.